The molecule has 3 fully saturated rings. The molecular formula is C36H33ClN4O6S. The molecule has 1 saturated carbocycles. The highest BCUT2D eigenvalue weighted by atomic mass is 35.5. The van der Waals surface area contributed by atoms with Crippen LogP contribution in [0.2, 0.25) is 5.02 Å². The van der Waals surface area contributed by atoms with Crippen molar-refractivity contribution in [2.75, 3.05) is 11.5 Å². The maximum absolute atomic E-state index is 14.9. The third kappa shape index (κ3) is 4.19. The second kappa shape index (κ2) is 10.8. The van der Waals surface area contributed by atoms with Crippen molar-refractivity contribution in [1.82, 2.24) is 15.1 Å². The number of nitrogens with one attached hydrogen (secondary N) is 1. The number of ether oxygens (including phenoxy) is 1. The predicted molar refractivity (Wildman–Crippen MR) is 181 cm³/mol. The van der Waals surface area contributed by atoms with Crippen molar-refractivity contribution in [3.8, 4) is 22.1 Å². The van der Waals surface area contributed by atoms with Crippen molar-refractivity contribution in [2.45, 2.75) is 39.5 Å². The van der Waals surface area contributed by atoms with E-state index >= 15 is 0 Å². The second-order valence-electron chi connectivity index (χ2n) is 13.4. The van der Waals surface area contributed by atoms with Gasteiger partial charge in [0.15, 0.2) is 11.5 Å². The molecule has 0 spiro atoms. The summed E-state index contributed by atoms with van der Waals surface area (Å²) in [6.07, 6.45) is 2.60. The molecule has 8 rings (SSSR count). The van der Waals surface area contributed by atoms with Gasteiger partial charge in [-0.1, -0.05) is 29.3 Å². The monoisotopic (exact) mass is 684 g/mol. The van der Waals surface area contributed by atoms with E-state index in [2.05, 4.69) is 5.32 Å². The van der Waals surface area contributed by atoms with Gasteiger partial charge in [-0.2, -0.15) is 5.10 Å². The van der Waals surface area contributed by atoms with E-state index in [1.54, 1.807) is 41.3 Å². The lowest BCUT2D eigenvalue weighted by Gasteiger charge is -2.49. The summed E-state index contributed by atoms with van der Waals surface area (Å²) in [6, 6.07) is 12.5. The molecule has 12 heteroatoms. The number of anilines is 1. The number of hydrogen-bond acceptors (Lipinski definition) is 8. The highest BCUT2D eigenvalue weighted by Crippen LogP contribution is 2.63. The van der Waals surface area contributed by atoms with Gasteiger partial charge in [-0.25, -0.2) is 4.90 Å². The van der Waals surface area contributed by atoms with Gasteiger partial charge < -0.3 is 9.84 Å². The van der Waals surface area contributed by atoms with E-state index in [4.69, 9.17) is 21.4 Å². The summed E-state index contributed by atoms with van der Waals surface area (Å²) in [4.78, 5) is 57.6. The molecular weight excluding hydrogens is 652 g/mol. The maximum atomic E-state index is 14.9. The molecule has 4 amide bonds. The van der Waals surface area contributed by atoms with Gasteiger partial charge in [0.25, 0.3) is 0 Å². The molecule has 48 heavy (non-hydrogen) atoms. The predicted octanol–water partition coefficient (Wildman–Crippen LogP) is 5.89. The number of phenolic OH excluding ortho intramolecular Hbond substituents is 1. The van der Waals surface area contributed by atoms with Crippen molar-refractivity contribution >= 4 is 62.5 Å². The summed E-state index contributed by atoms with van der Waals surface area (Å²) in [6.45, 7) is 5.97. The molecule has 2 aliphatic carbocycles. The Balaban J connectivity index is 1.26. The summed E-state index contributed by atoms with van der Waals surface area (Å²) in [5.41, 5.74) is 1.96. The fourth-order valence-electron chi connectivity index (χ4n) is 8.72. The molecule has 10 nitrogen and oxygen atoms in total. The molecule has 2 aromatic heterocycles. The van der Waals surface area contributed by atoms with Crippen LogP contribution in [0.1, 0.15) is 43.7 Å². The molecule has 4 aromatic rings. The Bertz CT molecular complexity index is 2140. The quantitative estimate of drug-likeness (QED) is 0.198. The van der Waals surface area contributed by atoms with Gasteiger partial charge in [0.05, 0.1) is 34.7 Å². The largest absolute Gasteiger partial charge is 0.504 e. The summed E-state index contributed by atoms with van der Waals surface area (Å²) in [5, 5.41) is 19.5. The van der Waals surface area contributed by atoms with E-state index in [0.29, 0.717) is 35.1 Å². The molecule has 2 N–H and O–H groups in total. The average molecular weight is 685 g/mol. The number of fused-ring (bicyclic) bond motifs is 5. The van der Waals surface area contributed by atoms with Gasteiger partial charge >= 0.3 is 0 Å². The molecule has 2 saturated heterocycles. The number of aromatic hydroxyl groups is 1. The molecule has 0 unspecified atom stereocenters. The van der Waals surface area contributed by atoms with Crippen LogP contribution in [0.4, 0.5) is 5.82 Å². The number of phenols is 1. The van der Waals surface area contributed by atoms with Gasteiger partial charge in [0, 0.05) is 28.8 Å². The third-order valence-corrected chi connectivity index (χ3v) is 12.5. The molecule has 0 bridgehead atoms. The number of benzene rings is 2. The highest BCUT2D eigenvalue weighted by Gasteiger charge is 2.67. The zero-order valence-electron chi connectivity index (χ0n) is 26.7. The van der Waals surface area contributed by atoms with Crippen molar-refractivity contribution in [1.29, 1.82) is 0 Å². The van der Waals surface area contributed by atoms with Gasteiger partial charge in [0.2, 0.25) is 23.6 Å². The lowest BCUT2D eigenvalue weighted by Crippen LogP contribution is -2.48. The molecule has 246 valence electrons. The van der Waals surface area contributed by atoms with E-state index in [9.17, 15) is 24.3 Å². The minimum absolute atomic E-state index is 0.0372. The van der Waals surface area contributed by atoms with Gasteiger partial charge in [-0.3, -0.25) is 29.2 Å². The normalized spacial score (nSPS) is 28.0. The highest BCUT2D eigenvalue weighted by molar-refractivity contribution is 7.22. The Morgan fingerprint density at radius 1 is 1.10 bits per heavy atom. The Morgan fingerprint density at radius 2 is 1.90 bits per heavy atom. The number of thiophene rings is 1. The number of imide groups is 2. The van der Waals surface area contributed by atoms with Crippen LogP contribution < -0.4 is 15.0 Å². The maximum Gasteiger partial charge on any atom is 0.242 e. The van der Waals surface area contributed by atoms with E-state index in [1.165, 1.54) is 11.0 Å². The minimum Gasteiger partial charge on any atom is -0.504 e. The fourth-order valence-corrected chi connectivity index (χ4v) is 10.0. The summed E-state index contributed by atoms with van der Waals surface area (Å²) < 4.78 is 8.35. The number of allylic oxidation sites excluding steroid dienone is 2. The second-order valence-corrected chi connectivity index (χ2v) is 14.9. The van der Waals surface area contributed by atoms with Crippen molar-refractivity contribution < 1.29 is 29.0 Å². The molecule has 2 aliphatic heterocycles. The van der Waals surface area contributed by atoms with Crippen LogP contribution in [0.25, 0.3) is 20.7 Å². The van der Waals surface area contributed by atoms with E-state index in [-0.39, 0.29) is 41.5 Å². The van der Waals surface area contributed by atoms with E-state index < -0.39 is 35.0 Å². The minimum atomic E-state index is -1.24. The molecule has 2 aromatic carbocycles. The Kier molecular flexibility index (Phi) is 6.91. The standard InChI is InChI=1S/C36H33ClN4O6S/c1-5-47-26-12-17(6-10-25(26)42)30-19-8-9-20-29(33(44)38-32(20)43)22(19)14-23-34(45)41(35(46)36(23,30)3)28-15-24(39-40(28)4)31-16(2)21-13-18(37)7-11-27(21)48-31/h6-8,10-13,15,20,22-23,29-30,42H,5,9,14H2,1-4H3,(H,38,43,44)/t20-,22+,23-,29-,30-,36+/m0/s1. The fraction of sp³-hybridized carbons (Fsp3) is 0.361. The Labute approximate surface area is 285 Å². The number of nitrogens with zero attached hydrogens (tertiary/aromatic N) is 3. The smallest absolute Gasteiger partial charge is 0.242 e. The van der Waals surface area contributed by atoms with Crippen LogP contribution in [0.5, 0.6) is 11.5 Å². The van der Waals surface area contributed by atoms with Crippen LogP contribution in [0.15, 0.2) is 54.1 Å². The average Bonchev–Trinajstić information content (AvgIpc) is 3.73. The lowest BCUT2D eigenvalue weighted by atomic mass is 9.51. The van der Waals surface area contributed by atoms with Gasteiger partial charge in [-0.15, -0.1) is 11.3 Å². The number of halogens is 1. The first-order chi connectivity index (χ1) is 22.9. The number of aromatic nitrogens is 2. The van der Waals surface area contributed by atoms with Crippen LogP contribution in [-0.2, 0) is 26.2 Å². The molecule has 6 atom stereocenters. The van der Waals surface area contributed by atoms with E-state index in [1.807, 2.05) is 45.0 Å². The number of rotatable bonds is 5. The first-order valence-electron chi connectivity index (χ1n) is 16.1. The number of aryl methyl sites for hydroxylation is 2. The first-order valence-corrected chi connectivity index (χ1v) is 17.2. The SMILES string of the molecule is CCOc1cc([C@H]2C3=CC[C@@H]4C(=O)NC(=O)[C@@H]4[C@@H]3C[C@H]3C(=O)N(c4cc(-c5sc6ccc(Cl)cc6c5C)nn4C)C(=O)[C@@]23C)ccc1O. The molecule has 0 radical (unpaired) electrons. The third-order valence-electron chi connectivity index (χ3n) is 10.9. The lowest BCUT2D eigenvalue weighted by molar-refractivity contribution is -0.131. The van der Waals surface area contributed by atoms with Crippen molar-refractivity contribution in [2.24, 2.45) is 36.1 Å². The summed E-state index contributed by atoms with van der Waals surface area (Å²) in [5.74, 6) is -3.75. The van der Waals surface area contributed by atoms with Crippen LogP contribution in [0.3, 0.4) is 0 Å². The zero-order chi connectivity index (χ0) is 33.8. The van der Waals surface area contributed by atoms with Crippen molar-refractivity contribution in [3.05, 3.63) is 70.3 Å². The Hall–Kier alpha value is -4.48. The molecule has 4 heterocycles. The van der Waals surface area contributed by atoms with Crippen LogP contribution in [-0.4, -0.2) is 45.1 Å². The van der Waals surface area contributed by atoms with Gasteiger partial charge in [0.1, 0.15) is 11.5 Å². The summed E-state index contributed by atoms with van der Waals surface area (Å²) >= 11 is 7.86. The first kappa shape index (κ1) is 30.8. The van der Waals surface area contributed by atoms with Gasteiger partial charge in [-0.05, 0) is 86.4 Å². The topological polar surface area (TPSA) is 131 Å². The Morgan fingerprint density at radius 3 is 2.67 bits per heavy atom. The van der Waals surface area contributed by atoms with Crippen LogP contribution in [0, 0.1) is 36.0 Å². The molecule has 4 aliphatic rings. The number of carbonyl (C=O) groups excluding carboxylic acids is 4. The van der Waals surface area contributed by atoms with Crippen molar-refractivity contribution in [3.63, 3.8) is 0 Å². The number of hydrogen-bond donors (Lipinski definition) is 2. The number of carbonyl (C=O) groups is 4. The zero-order valence-corrected chi connectivity index (χ0v) is 28.3. The number of amides is 4. The van der Waals surface area contributed by atoms with E-state index in [0.717, 1.165) is 26.1 Å². The summed E-state index contributed by atoms with van der Waals surface area (Å²) in [7, 11) is 1.72. The van der Waals surface area contributed by atoms with Crippen LogP contribution >= 0.6 is 22.9 Å².